The summed E-state index contributed by atoms with van der Waals surface area (Å²) < 4.78 is 11.4. The summed E-state index contributed by atoms with van der Waals surface area (Å²) in [5, 5.41) is 1.42. The molecule has 2 N–H and O–H groups in total. The van der Waals surface area contributed by atoms with Crippen molar-refractivity contribution in [3.8, 4) is 5.88 Å². The third kappa shape index (κ3) is 3.03. The van der Waals surface area contributed by atoms with E-state index in [1.807, 2.05) is 36.4 Å². The van der Waals surface area contributed by atoms with Crippen molar-refractivity contribution in [3.63, 3.8) is 0 Å². The molecule has 0 saturated carbocycles. The quantitative estimate of drug-likeness (QED) is 0.499. The van der Waals surface area contributed by atoms with Gasteiger partial charge in [0.25, 0.3) is 0 Å². The van der Waals surface area contributed by atoms with Crippen LogP contribution in [-0.2, 0) is 0 Å². The molecule has 1 unspecified atom stereocenters. The van der Waals surface area contributed by atoms with Crippen molar-refractivity contribution < 1.29 is 9.15 Å². The molecule has 0 saturated heterocycles. The zero-order valence-electron chi connectivity index (χ0n) is 15.0. The number of allylic oxidation sites excluding steroid dienone is 1. The third-order valence-electron chi connectivity index (χ3n) is 4.85. The van der Waals surface area contributed by atoms with Gasteiger partial charge in [-0.1, -0.05) is 41.9 Å². The molecule has 0 spiro atoms. The first-order valence-corrected chi connectivity index (χ1v) is 9.27. The van der Waals surface area contributed by atoms with Gasteiger partial charge in [0.15, 0.2) is 0 Å². The average Bonchev–Trinajstić information content (AvgIpc) is 2.73. The second kappa shape index (κ2) is 6.76. The highest BCUT2D eigenvalue weighted by atomic mass is 35.5. The van der Waals surface area contributed by atoms with Crippen molar-refractivity contribution in [1.82, 2.24) is 9.97 Å². The van der Waals surface area contributed by atoms with Crippen LogP contribution in [0.5, 0.6) is 5.88 Å². The minimum atomic E-state index is -0.490. The summed E-state index contributed by atoms with van der Waals surface area (Å²) >= 11 is 6.04. The molecule has 0 bridgehead atoms. The van der Waals surface area contributed by atoms with Crippen LogP contribution in [0.4, 0.5) is 5.82 Å². The van der Waals surface area contributed by atoms with Crippen LogP contribution in [0, 0.1) is 0 Å². The standard InChI is InChI=1S/C22H14ClN3O3/c23-14-7-5-12(6-8-14)15-10-18(28-21-19(15)20(24)25-11-26-21)16-9-13-3-1-2-4-17(13)29-22(16)27/h1-11,15H,(H2,24,25,26). The molecule has 2 aromatic heterocycles. The van der Waals surface area contributed by atoms with E-state index in [4.69, 9.17) is 26.5 Å². The van der Waals surface area contributed by atoms with E-state index in [0.717, 1.165) is 10.9 Å². The first kappa shape index (κ1) is 17.5. The van der Waals surface area contributed by atoms with Crippen LogP contribution in [0.2, 0.25) is 5.02 Å². The SMILES string of the molecule is Nc1ncnc2c1C(c1ccc(Cl)cc1)C=C(c1cc3ccccc3oc1=O)O2. The second-order valence-corrected chi connectivity index (χ2v) is 7.06. The van der Waals surface area contributed by atoms with Gasteiger partial charge in [-0.25, -0.2) is 14.8 Å². The van der Waals surface area contributed by atoms with Gasteiger partial charge < -0.3 is 14.9 Å². The van der Waals surface area contributed by atoms with Crippen LogP contribution in [0.3, 0.4) is 0 Å². The molecule has 1 aliphatic heterocycles. The van der Waals surface area contributed by atoms with E-state index >= 15 is 0 Å². The topological polar surface area (TPSA) is 91.2 Å². The number of para-hydroxylation sites is 1. The number of halogens is 1. The fourth-order valence-electron chi connectivity index (χ4n) is 3.45. The first-order chi connectivity index (χ1) is 14.1. The highest BCUT2D eigenvalue weighted by Crippen LogP contribution is 2.41. The molecular formula is C22H14ClN3O3. The highest BCUT2D eigenvalue weighted by Gasteiger charge is 2.29. The maximum absolute atomic E-state index is 12.6. The number of anilines is 1. The Bertz CT molecular complexity index is 1330. The molecule has 0 amide bonds. The fourth-order valence-corrected chi connectivity index (χ4v) is 3.58. The Kier molecular flexibility index (Phi) is 4.07. The molecule has 0 aliphatic carbocycles. The monoisotopic (exact) mass is 403 g/mol. The minimum absolute atomic E-state index is 0.307. The van der Waals surface area contributed by atoms with E-state index < -0.39 is 5.63 Å². The lowest BCUT2D eigenvalue weighted by atomic mass is 9.89. The van der Waals surface area contributed by atoms with Gasteiger partial charge >= 0.3 is 5.63 Å². The van der Waals surface area contributed by atoms with E-state index in [1.54, 1.807) is 24.3 Å². The third-order valence-corrected chi connectivity index (χ3v) is 5.10. The van der Waals surface area contributed by atoms with Crippen molar-refractivity contribution in [2.24, 2.45) is 0 Å². The van der Waals surface area contributed by atoms with Crippen LogP contribution >= 0.6 is 11.6 Å². The zero-order valence-corrected chi connectivity index (χ0v) is 15.8. The summed E-state index contributed by atoms with van der Waals surface area (Å²) in [5.41, 5.74) is 8.02. The molecule has 0 fully saturated rings. The lowest BCUT2D eigenvalue weighted by Crippen LogP contribution is -2.18. The average molecular weight is 404 g/mol. The molecular weight excluding hydrogens is 390 g/mol. The number of nitrogens with two attached hydrogens (primary N) is 1. The van der Waals surface area contributed by atoms with Gasteiger partial charge in [0, 0.05) is 16.3 Å². The summed E-state index contributed by atoms with van der Waals surface area (Å²) in [6.07, 6.45) is 3.16. The smallest absolute Gasteiger partial charge is 0.347 e. The van der Waals surface area contributed by atoms with Crippen molar-refractivity contribution in [1.29, 1.82) is 0 Å². The highest BCUT2D eigenvalue weighted by molar-refractivity contribution is 6.30. The lowest BCUT2D eigenvalue weighted by Gasteiger charge is -2.24. The molecule has 0 radical (unpaired) electrons. The Hall–Kier alpha value is -3.64. The Morgan fingerprint density at radius 3 is 2.66 bits per heavy atom. The van der Waals surface area contributed by atoms with Crippen LogP contribution < -0.4 is 16.1 Å². The van der Waals surface area contributed by atoms with E-state index in [2.05, 4.69) is 9.97 Å². The summed E-state index contributed by atoms with van der Waals surface area (Å²) in [6, 6.07) is 16.4. The molecule has 1 atom stereocenters. The lowest BCUT2D eigenvalue weighted by molar-refractivity contribution is 0.463. The number of nitrogens with zero attached hydrogens (tertiary/aromatic N) is 2. The number of hydrogen-bond donors (Lipinski definition) is 1. The molecule has 4 aromatic rings. The summed E-state index contributed by atoms with van der Waals surface area (Å²) in [5.74, 6) is 0.673. The molecule has 2 aromatic carbocycles. The van der Waals surface area contributed by atoms with Crippen molar-refractivity contribution in [3.05, 3.63) is 99.1 Å². The Balaban J connectivity index is 1.71. The van der Waals surface area contributed by atoms with Crippen molar-refractivity contribution in [2.75, 3.05) is 5.73 Å². The maximum atomic E-state index is 12.6. The summed E-state index contributed by atoms with van der Waals surface area (Å²) in [4.78, 5) is 21.0. The number of ether oxygens (including phenoxy) is 1. The van der Waals surface area contributed by atoms with Gasteiger partial charge in [0.2, 0.25) is 5.88 Å². The van der Waals surface area contributed by atoms with Crippen molar-refractivity contribution in [2.45, 2.75) is 5.92 Å². The summed E-state index contributed by atoms with van der Waals surface area (Å²) in [7, 11) is 0. The predicted molar refractivity (Wildman–Crippen MR) is 111 cm³/mol. The van der Waals surface area contributed by atoms with Crippen LogP contribution in [0.1, 0.15) is 22.6 Å². The van der Waals surface area contributed by atoms with Crippen LogP contribution in [0.25, 0.3) is 16.7 Å². The largest absolute Gasteiger partial charge is 0.438 e. The number of aromatic nitrogens is 2. The Morgan fingerprint density at radius 1 is 1.03 bits per heavy atom. The molecule has 7 heteroatoms. The van der Waals surface area contributed by atoms with Gasteiger partial charge in [-0.15, -0.1) is 0 Å². The Labute approximate surface area is 170 Å². The molecule has 1 aliphatic rings. The van der Waals surface area contributed by atoms with Crippen LogP contribution in [0.15, 0.2) is 76.2 Å². The molecule has 142 valence electrons. The first-order valence-electron chi connectivity index (χ1n) is 8.89. The van der Waals surface area contributed by atoms with E-state index in [0.29, 0.717) is 39.2 Å². The summed E-state index contributed by atoms with van der Waals surface area (Å²) in [6.45, 7) is 0. The second-order valence-electron chi connectivity index (χ2n) is 6.63. The number of benzene rings is 2. The van der Waals surface area contributed by atoms with Gasteiger partial charge in [-0.05, 0) is 35.9 Å². The molecule has 5 rings (SSSR count). The fraction of sp³-hybridized carbons (Fsp3) is 0.0455. The van der Waals surface area contributed by atoms with E-state index in [-0.39, 0.29) is 5.92 Å². The van der Waals surface area contributed by atoms with Gasteiger partial charge in [-0.3, -0.25) is 0 Å². The van der Waals surface area contributed by atoms with Gasteiger partial charge in [0.1, 0.15) is 29.1 Å². The van der Waals surface area contributed by atoms with Gasteiger partial charge in [-0.2, -0.15) is 0 Å². The van der Waals surface area contributed by atoms with Gasteiger partial charge in [0.05, 0.1) is 5.56 Å². The number of fused-ring (bicyclic) bond motifs is 2. The zero-order chi connectivity index (χ0) is 20.0. The molecule has 3 heterocycles. The number of hydrogen-bond acceptors (Lipinski definition) is 6. The van der Waals surface area contributed by atoms with Crippen molar-refractivity contribution >= 4 is 34.1 Å². The van der Waals surface area contributed by atoms with Crippen LogP contribution in [-0.4, -0.2) is 9.97 Å². The van der Waals surface area contributed by atoms with E-state index in [1.165, 1.54) is 6.33 Å². The Morgan fingerprint density at radius 2 is 1.83 bits per heavy atom. The maximum Gasteiger partial charge on any atom is 0.347 e. The van der Waals surface area contributed by atoms with E-state index in [9.17, 15) is 4.79 Å². The molecule has 29 heavy (non-hydrogen) atoms. The molecule has 6 nitrogen and oxygen atoms in total. The minimum Gasteiger partial charge on any atom is -0.438 e. The predicted octanol–water partition coefficient (Wildman–Crippen LogP) is 4.38. The number of rotatable bonds is 2. The number of nitrogen functional groups attached to an aromatic ring is 1. The normalized spacial score (nSPS) is 15.5.